The normalized spacial score (nSPS) is 46.3. The van der Waals surface area contributed by atoms with Crippen molar-refractivity contribution in [2.45, 2.75) is 89.9 Å². The molecule has 0 aliphatic heterocycles. The molecule has 0 N–H and O–H groups in total. The minimum absolute atomic E-state index is 0.994. The van der Waals surface area contributed by atoms with Gasteiger partial charge in [-0.3, -0.25) is 0 Å². The summed E-state index contributed by atoms with van der Waals surface area (Å²) in [5.74, 6) is 7.61. The molecule has 7 unspecified atom stereocenters. The number of fused-ring (bicyclic) bond motifs is 2. The second-order valence-electron chi connectivity index (χ2n) is 9.52. The van der Waals surface area contributed by atoms with Crippen LogP contribution >= 0.6 is 0 Å². The van der Waals surface area contributed by atoms with Crippen LogP contribution in [0.15, 0.2) is 12.7 Å². The van der Waals surface area contributed by atoms with Gasteiger partial charge >= 0.3 is 0 Å². The van der Waals surface area contributed by atoms with E-state index in [1.54, 1.807) is 51.4 Å². The van der Waals surface area contributed by atoms with Gasteiger partial charge in [0.15, 0.2) is 0 Å². The van der Waals surface area contributed by atoms with Gasteiger partial charge in [-0.15, -0.1) is 6.58 Å². The Morgan fingerprint density at radius 1 is 0.652 bits per heavy atom. The molecule has 0 heteroatoms. The van der Waals surface area contributed by atoms with Gasteiger partial charge in [-0.05, 0) is 99.2 Å². The van der Waals surface area contributed by atoms with Crippen molar-refractivity contribution in [3.63, 3.8) is 0 Å². The molecule has 23 heavy (non-hydrogen) atoms. The molecule has 0 nitrogen and oxygen atoms in total. The van der Waals surface area contributed by atoms with E-state index in [-0.39, 0.29) is 0 Å². The quantitative estimate of drug-likeness (QED) is 0.479. The number of allylic oxidation sites excluding steroid dienone is 1. The number of rotatable bonds is 5. The van der Waals surface area contributed by atoms with Crippen molar-refractivity contribution in [1.82, 2.24) is 0 Å². The van der Waals surface area contributed by atoms with Gasteiger partial charge in [-0.2, -0.15) is 0 Å². The number of hydrogen-bond donors (Lipinski definition) is 0. The van der Waals surface area contributed by atoms with Gasteiger partial charge in [0.05, 0.1) is 0 Å². The van der Waals surface area contributed by atoms with Gasteiger partial charge in [0.1, 0.15) is 0 Å². The van der Waals surface area contributed by atoms with Crippen LogP contribution in [0.25, 0.3) is 0 Å². The predicted molar refractivity (Wildman–Crippen MR) is 99.3 cm³/mol. The summed E-state index contributed by atoms with van der Waals surface area (Å²) in [5.41, 5.74) is 0. The maximum Gasteiger partial charge on any atom is -0.0322 e. The zero-order valence-corrected chi connectivity index (χ0v) is 15.2. The third-order valence-corrected chi connectivity index (χ3v) is 8.55. The van der Waals surface area contributed by atoms with Crippen molar-refractivity contribution in [1.29, 1.82) is 0 Å². The molecule has 4 aliphatic carbocycles. The summed E-state index contributed by atoms with van der Waals surface area (Å²) in [4.78, 5) is 0. The summed E-state index contributed by atoms with van der Waals surface area (Å²) in [7, 11) is 0. The molecule has 7 atom stereocenters. The van der Waals surface area contributed by atoms with Crippen LogP contribution in [0, 0.1) is 41.4 Å². The zero-order valence-electron chi connectivity index (χ0n) is 15.2. The minimum atomic E-state index is 0.994. The van der Waals surface area contributed by atoms with Crippen LogP contribution in [-0.4, -0.2) is 0 Å². The van der Waals surface area contributed by atoms with E-state index >= 15 is 0 Å². The fourth-order valence-electron chi connectivity index (χ4n) is 7.56. The van der Waals surface area contributed by atoms with Crippen molar-refractivity contribution >= 4 is 0 Å². The van der Waals surface area contributed by atoms with Gasteiger partial charge in [-0.1, -0.05) is 38.2 Å². The van der Waals surface area contributed by atoms with E-state index in [1.807, 2.05) is 0 Å². The highest BCUT2D eigenvalue weighted by atomic mass is 14.5. The van der Waals surface area contributed by atoms with Crippen LogP contribution < -0.4 is 0 Å². The molecule has 0 spiro atoms. The molecular weight excluding hydrogens is 276 g/mol. The SMILES string of the molecule is C=CCC1CC(CCC2CCC3CCCCC32)C2CCCCC12. The lowest BCUT2D eigenvalue weighted by atomic mass is 9.73. The average Bonchev–Trinajstić information content (AvgIpc) is 3.16. The highest BCUT2D eigenvalue weighted by molar-refractivity contribution is 4.96. The third-order valence-electron chi connectivity index (χ3n) is 8.55. The highest BCUT2D eigenvalue weighted by Crippen LogP contribution is 2.54. The molecule has 0 saturated heterocycles. The second kappa shape index (κ2) is 7.32. The van der Waals surface area contributed by atoms with E-state index in [4.69, 9.17) is 0 Å². The summed E-state index contributed by atoms with van der Waals surface area (Å²) in [5, 5.41) is 0. The Labute approximate surface area is 144 Å². The van der Waals surface area contributed by atoms with Crippen molar-refractivity contribution in [2.24, 2.45) is 41.4 Å². The van der Waals surface area contributed by atoms with Crippen LogP contribution in [0.1, 0.15) is 89.9 Å². The molecule has 4 saturated carbocycles. The summed E-state index contributed by atoms with van der Waals surface area (Å²) < 4.78 is 0. The Hall–Kier alpha value is -0.260. The fraction of sp³-hybridized carbons (Fsp3) is 0.913. The maximum atomic E-state index is 4.04. The molecular formula is C23H38. The molecule has 0 heterocycles. The van der Waals surface area contributed by atoms with E-state index in [9.17, 15) is 0 Å². The first-order valence-electron chi connectivity index (χ1n) is 11.0. The molecule has 0 aromatic rings. The van der Waals surface area contributed by atoms with Crippen LogP contribution in [0.5, 0.6) is 0 Å². The third kappa shape index (κ3) is 3.29. The predicted octanol–water partition coefficient (Wildman–Crippen LogP) is 7.00. The molecule has 4 fully saturated rings. The second-order valence-corrected chi connectivity index (χ2v) is 9.52. The van der Waals surface area contributed by atoms with E-state index in [0.717, 1.165) is 41.4 Å². The van der Waals surface area contributed by atoms with Gasteiger partial charge in [0.2, 0.25) is 0 Å². The van der Waals surface area contributed by atoms with E-state index < -0.39 is 0 Å². The molecule has 0 aromatic heterocycles. The smallest absolute Gasteiger partial charge is 0.0322 e. The Kier molecular flexibility index (Phi) is 5.16. The lowest BCUT2D eigenvalue weighted by Crippen LogP contribution is -2.23. The minimum Gasteiger partial charge on any atom is -0.103 e. The first-order chi connectivity index (χ1) is 11.4. The molecule has 0 aromatic carbocycles. The fourth-order valence-corrected chi connectivity index (χ4v) is 7.56. The lowest BCUT2D eigenvalue weighted by molar-refractivity contribution is 0.179. The first kappa shape index (κ1) is 16.2. The Balaban J connectivity index is 1.34. The molecule has 130 valence electrons. The topological polar surface area (TPSA) is 0 Å². The highest BCUT2D eigenvalue weighted by Gasteiger charge is 2.44. The van der Waals surface area contributed by atoms with Crippen LogP contribution in [0.3, 0.4) is 0 Å². The molecule has 0 bridgehead atoms. The van der Waals surface area contributed by atoms with Crippen LogP contribution in [-0.2, 0) is 0 Å². The summed E-state index contributed by atoms with van der Waals surface area (Å²) in [6.45, 7) is 4.04. The standard InChI is InChI=1S/C23H38/c1-2-7-19-16-20(23-11-6-5-10-22(19)23)15-14-18-13-12-17-8-3-4-9-21(17)18/h2,17-23H,1,3-16H2. The summed E-state index contributed by atoms with van der Waals surface area (Å²) in [6.07, 6.45) is 23.7. The van der Waals surface area contributed by atoms with Crippen molar-refractivity contribution < 1.29 is 0 Å². The molecule has 4 rings (SSSR count). The van der Waals surface area contributed by atoms with E-state index in [0.29, 0.717) is 0 Å². The molecule has 0 amide bonds. The maximum absolute atomic E-state index is 4.04. The Bertz CT molecular complexity index is 397. The van der Waals surface area contributed by atoms with Crippen molar-refractivity contribution in [2.75, 3.05) is 0 Å². The van der Waals surface area contributed by atoms with Gasteiger partial charge < -0.3 is 0 Å². The van der Waals surface area contributed by atoms with Crippen molar-refractivity contribution in [3.05, 3.63) is 12.7 Å². The Morgan fingerprint density at radius 2 is 1.30 bits per heavy atom. The molecule has 0 radical (unpaired) electrons. The van der Waals surface area contributed by atoms with Gasteiger partial charge in [0, 0.05) is 0 Å². The Morgan fingerprint density at radius 3 is 2.09 bits per heavy atom. The lowest BCUT2D eigenvalue weighted by Gasteiger charge is -2.33. The first-order valence-corrected chi connectivity index (χ1v) is 11.0. The monoisotopic (exact) mass is 314 g/mol. The molecule has 4 aliphatic rings. The number of hydrogen-bond acceptors (Lipinski definition) is 0. The van der Waals surface area contributed by atoms with E-state index in [1.165, 1.54) is 38.5 Å². The van der Waals surface area contributed by atoms with E-state index in [2.05, 4.69) is 12.7 Å². The zero-order chi connectivity index (χ0) is 15.6. The summed E-state index contributed by atoms with van der Waals surface area (Å²) in [6, 6.07) is 0. The van der Waals surface area contributed by atoms with Crippen LogP contribution in [0.4, 0.5) is 0 Å². The summed E-state index contributed by atoms with van der Waals surface area (Å²) >= 11 is 0. The average molecular weight is 315 g/mol. The van der Waals surface area contributed by atoms with Crippen LogP contribution in [0.2, 0.25) is 0 Å². The van der Waals surface area contributed by atoms with Gasteiger partial charge in [-0.25, -0.2) is 0 Å². The van der Waals surface area contributed by atoms with Gasteiger partial charge in [0.25, 0.3) is 0 Å². The van der Waals surface area contributed by atoms with Crippen molar-refractivity contribution in [3.8, 4) is 0 Å². The largest absolute Gasteiger partial charge is 0.103 e.